The molecule has 1 saturated carbocycles. The van der Waals surface area contributed by atoms with Crippen molar-refractivity contribution in [1.29, 1.82) is 0 Å². The molecule has 1 heterocycles. The highest BCUT2D eigenvalue weighted by atomic mass is 15.0. The van der Waals surface area contributed by atoms with Crippen LogP contribution in [-0.4, -0.2) is 11.0 Å². The van der Waals surface area contributed by atoms with E-state index in [0.29, 0.717) is 6.04 Å². The Bertz CT molecular complexity index is 527. The Morgan fingerprint density at radius 3 is 2.56 bits per heavy atom. The van der Waals surface area contributed by atoms with Gasteiger partial charge in [-0.2, -0.15) is 0 Å². The highest BCUT2D eigenvalue weighted by Gasteiger charge is 2.18. The van der Waals surface area contributed by atoms with Crippen LogP contribution in [0.1, 0.15) is 32.6 Å². The zero-order valence-electron chi connectivity index (χ0n) is 10.9. The number of benzene rings is 1. The number of anilines is 1. The van der Waals surface area contributed by atoms with Crippen LogP contribution in [0.25, 0.3) is 10.8 Å². The normalized spacial score (nSPS) is 24.1. The molecule has 2 aromatic rings. The molecule has 0 radical (unpaired) electrons. The molecular weight excluding hydrogens is 220 g/mol. The zero-order chi connectivity index (χ0) is 12.4. The number of rotatable bonds is 2. The maximum Gasteiger partial charge on any atom is 0.126 e. The van der Waals surface area contributed by atoms with Gasteiger partial charge in [-0.15, -0.1) is 0 Å². The van der Waals surface area contributed by atoms with Gasteiger partial charge in [0.2, 0.25) is 0 Å². The summed E-state index contributed by atoms with van der Waals surface area (Å²) in [6, 6.07) is 11.1. The Morgan fingerprint density at radius 1 is 1.06 bits per heavy atom. The molecule has 0 unspecified atom stereocenters. The number of hydrogen-bond donors (Lipinski definition) is 1. The van der Waals surface area contributed by atoms with Gasteiger partial charge in [-0.05, 0) is 43.1 Å². The summed E-state index contributed by atoms with van der Waals surface area (Å²) in [6.45, 7) is 2.35. The van der Waals surface area contributed by atoms with Gasteiger partial charge in [-0.3, -0.25) is 0 Å². The molecule has 2 heteroatoms. The van der Waals surface area contributed by atoms with E-state index in [9.17, 15) is 0 Å². The number of hydrogen-bond acceptors (Lipinski definition) is 2. The van der Waals surface area contributed by atoms with E-state index in [1.165, 1.54) is 36.5 Å². The van der Waals surface area contributed by atoms with Crippen molar-refractivity contribution < 1.29 is 0 Å². The van der Waals surface area contributed by atoms with Crippen molar-refractivity contribution in [2.75, 3.05) is 5.32 Å². The van der Waals surface area contributed by atoms with E-state index < -0.39 is 0 Å². The van der Waals surface area contributed by atoms with Crippen LogP contribution in [0, 0.1) is 5.92 Å². The van der Waals surface area contributed by atoms with Crippen molar-refractivity contribution in [2.24, 2.45) is 5.92 Å². The number of fused-ring (bicyclic) bond motifs is 1. The van der Waals surface area contributed by atoms with E-state index in [-0.39, 0.29) is 0 Å². The van der Waals surface area contributed by atoms with Crippen molar-refractivity contribution in [3.63, 3.8) is 0 Å². The summed E-state index contributed by atoms with van der Waals surface area (Å²) >= 11 is 0. The molecule has 3 rings (SSSR count). The van der Waals surface area contributed by atoms with E-state index in [1.807, 2.05) is 6.20 Å². The average molecular weight is 240 g/mol. The SMILES string of the molecule is CC1CCC(Nc2cc3ccccc3cn2)CC1. The van der Waals surface area contributed by atoms with Crippen molar-refractivity contribution in [2.45, 2.75) is 38.6 Å². The van der Waals surface area contributed by atoms with Crippen LogP contribution in [0.2, 0.25) is 0 Å². The topological polar surface area (TPSA) is 24.9 Å². The van der Waals surface area contributed by atoms with Gasteiger partial charge in [-0.1, -0.05) is 31.2 Å². The highest BCUT2D eigenvalue weighted by Crippen LogP contribution is 2.26. The lowest BCUT2D eigenvalue weighted by atomic mass is 9.87. The standard InChI is InChI=1S/C16H20N2/c1-12-6-8-15(9-7-12)18-16-10-13-4-2-3-5-14(13)11-17-16/h2-5,10-12,15H,6-9H2,1H3,(H,17,18). The number of pyridine rings is 1. The monoisotopic (exact) mass is 240 g/mol. The third kappa shape index (κ3) is 2.47. The van der Waals surface area contributed by atoms with Crippen LogP contribution >= 0.6 is 0 Å². The minimum atomic E-state index is 0.606. The lowest BCUT2D eigenvalue weighted by Crippen LogP contribution is -2.25. The number of nitrogens with one attached hydrogen (secondary N) is 1. The van der Waals surface area contributed by atoms with Gasteiger partial charge in [0.15, 0.2) is 0 Å². The summed E-state index contributed by atoms with van der Waals surface area (Å²) in [6.07, 6.45) is 7.19. The molecule has 1 aliphatic rings. The van der Waals surface area contributed by atoms with Gasteiger partial charge in [-0.25, -0.2) is 4.98 Å². The molecule has 18 heavy (non-hydrogen) atoms. The van der Waals surface area contributed by atoms with Crippen molar-refractivity contribution >= 4 is 16.6 Å². The molecule has 0 aliphatic heterocycles. The summed E-state index contributed by atoms with van der Waals surface area (Å²) < 4.78 is 0. The van der Waals surface area contributed by atoms with E-state index in [4.69, 9.17) is 0 Å². The minimum absolute atomic E-state index is 0.606. The summed E-state index contributed by atoms with van der Waals surface area (Å²) in [5.41, 5.74) is 0. The summed E-state index contributed by atoms with van der Waals surface area (Å²) in [4.78, 5) is 4.51. The van der Waals surface area contributed by atoms with Crippen LogP contribution in [0.15, 0.2) is 36.5 Å². The van der Waals surface area contributed by atoms with Crippen LogP contribution in [0.5, 0.6) is 0 Å². The fourth-order valence-electron chi connectivity index (χ4n) is 2.78. The second-order valence-electron chi connectivity index (χ2n) is 5.52. The lowest BCUT2D eigenvalue weighted by Gasteiger charge is -2.27. The molecule has 1 fully saturated rings. The third-order valence-corrected chi connectivity index (χ3v) is 4.00. The Morgan fingerprint density at radius 2 is 1.78 bits per heavy atom. The maximum absolute atomic E-state index is 4.51. The first kappa shape index (κ1) is 11.5. The lowest BCUT2D eigenvalue weighted by molar-refractivity contribution is 0.361. The first-order valence-corrected chi connectivity index (χ1v) is 6.92. The van der Waals surface area contributed by atoms with Gasteiger partial charge >= 0.3 is 0 Å². The van der Waals surface area contributed by atoms with Crippen LogP contribution in [0.3, 0.4) is 0 Å². The average Bonchev–Trinajstić information content (AvgIpc) is 2.41. The molecule has 0 saturated heterocycles. The largest absolute Gasteiger partial charge is 0.367 e. The van der Waals surface area contributed by atoms with Crippen LogP contribution in [0.4, 0.5) is 5.82 Å². The van der Waals surface area contributed by atoms with E-state index in [1.54, 1.807) is 0 Å². The molecule has 0 bridgehead atoms. The summed E-state index contributed by atoms with van der Waals surface area (Å²) in [7, 11) is 0. The number of aromatic nitrogens is 1. The molecule has 0 atom stereocenters. The predicted octanol–water partition coefficient (Wildman–Crippen LogP) is 4.23. The Balaban J connectivity index is 1.74. The molecular formula is C16H20N2. The van der Waals surface area contributed by atoms with Crippen LogP contribution < -0.4 is 5.32 Å². The van der Waals surface area contributed by atoms with Crippen molar-refractivity contribution in [3.05, 3.63) is 36.5 Å². The summed E-state index contributed by atoms with van der Waals surface area (Å²) in [5, 5.41) is 6.05. The van der Waals surface area contributed by atoms with Gasteiger partial charge in [0.1, 0.15) is 5.82 Å². The molecule has 1 aromatic heterocycles. The molecule has 2 nitrogen and oxygen atoms in total. The van der Waals surface area contributed by atoms with Crippen molar-refractivity contribution in [3.8, 4) is 0 Å². The first-order valence-electron chi connectivity index (χ1n) is 6.92. The fraction of sp³-hybridized carbons (Fsp3) is 0.438. The quantitative estimate of drug-likeness (QED) is 0.850. The predicted molar refractivity (Wildman–Crippen MR) is 76.8 cm³/mol. The zero-order valence-corrected chi connectivity index (χ0v) is 10.9. The Hall–Kier alpha value is -1.57. The number of nitrogens with zero attached hydrogens (tertiary/aromatic N) is 1. The van der Waals surface area contributed by atoms with Crippen molar-refractivity contribution in [1.82, 2.24) is 4.98 Å². The van der Waals surface area contributed by atoms with E-state index >= 15 is 0 Å². The maximum atomic E-state index is 4.51. The molecule has 94 valence electrons. The van der Waals surface area contributed by atoms with Gasteiger partial charge in [0.25, 0.3) is 0 Å². The molecule has 1 aromatic carbocycles. The Kier molecular flexibility index (Phi) is 3.18. The van der Waals surface area contributed by atoms with Gasteiger partial charge in [0, 0.05) is 17.6 Å². The molecule has 0 amide bonds. The van der Waals surface area contributed by atoms with E-state index in [0.717, 1.165) is 11.7 Å². The minimum Gasteiger partial charge on any atom is -0.367 e. The highest BCUT2D eigenvalue weighted by molar-refractivity contribution is 5.83. The molecule has 1 aliphatic carbocycles. The fourth-order valence-corrected chi connectivity index (χ4v) is 2.78. The van der Waals surface area contributed by atoms with E-state index in [2.05, 4.69) is 47.6 Å². The second-order valence-corrected chi connectivity index (χ2v) is 5.52. The first-order chi connectivity index (χ1) is 8.81. The molecule has 1 N–H and O–H groups in total. The summed E-state index contributed by atoms with van der Waals surface area (Å²) in [5.74, 6) is 1.92. The smallest absolute Gasteiger partial charge is 0.126 e. The molecule has 0 spiro atoms. The second kappa shape index (κ2) is 4.97. The Labute approximate surface area is 108 Å². The van der Waals surface area contributed by atoms with Crippen LogP contribution in [-0.2, 0) is 0 Å². The third-order valence-electron chi connectivity index (χ3n) is 4.00. The van der Waals surface area contributed by atoms with Gasteiger partial charge in [0.05, 0.1) is 0 Å². The van der Waals surface area contributed by atoms with Gasteiger partial charge < -0.3 is 5.32 Å².